The highest BCUT2D eigenvalue weighted by Crippen LogP contribution is 2.55. The van der Waals surface area contributed by atoms with Crippen LogP contribution in [0.15, 0.2) is 96.0 Å². The number of nitrogens with zero attached hydrogens (tertiary/aromatic N) is 1. The summed E-state index contributed by atoms with van der Waals surface area (Å²) in [6.45, 7) is 1.93. The van der Waals surface area contributed by atoms with Crippen molar-refractivity contribution in [3.8, 4) is 0 Å². The van der Waals surface area contributed by atoms with Crippen molar-refractivity contribution < 1.29 is 13.2 Å². The van der Waals surface area contributed by atoms with Gasteiger partial charge in [0, 0.05) is 23.8 Å². The molecule has 4 rings (SSSR count). The van der Waals surface area contributed by atoms with Gasteiger partial charge in [-0.25, -0.2) is 12.7 Å². The summed E-state index contributed by atoms with van der Waals surface area (Å²) in [5, 5.41) is -1.23. The molecule has 1 heterocycles. The lowest BCUT2D eigenvalue weighted by Crippen LogP contribution is -2.42. The predicted molar refractivity (Wildman–Crippen MR) is 117 cm³/mol. The van der Waals surface area contributed by atoms with Crippen LogP contribution in [-0.4, -0.2) is 19.8 Å². The summed E-state index contributed by atoms with van der Waals surface area (Å²) in [4.78, 5) is 1.05. The van der Waals surface area contributed by atoms with Gasteiger partial charge in [-0.3, -0.25) is 0 Å². The van der Waals surface area contributed by atoms with E-state index >= 15 is 0 Å². The number of methoxy groups -OCH3 is 1. The first kappa shape index (κ1) is 19.8. The minimum atomic E-state index is -3.85. The number of aryl methyl sites for hydroxylation is 1. The summed E-state index contributed by atoms with van der Waals surface area (Å²) in [5.41, 5.74) is 2.70. The van der Waals surface area contributed by atoms with Crippen molar-refractivity contribution in [2.45, 2.75) is 16.9 Å². The molecule has 0 radical (unpaired) electrons. The fraction of sp³-hybridized carbons (Fsp3) is 0.130. The van der Waals surface area contributed by atoms with Crippen LogP contribution in [0.1, 0.15) is 16.7 Å². The van der Waals surface area contributed by atoms with Crippen molar-refractivity contribution in [1.82, 2.24) is 4.31 Å². The number of sulfonamides is 1. The zero-order chi connectivity index (χ0) is 20.5. The Bertz CT molecular complexity index is 1130. The summed E-state index contributed by atoms with van der Waals surface area (Å²) in [5.74, 6) is 0. The van der Waals surface area contributed by atoms with Gasteiger partial charge in [0.1, 0.15) is 0 Å². The van der Waals surface area contributed by atoms with E-state index in [0.29, 0.717) is 0 Å². The molecule has 0 spiro atoms. The van der Waals surface area contributed by atoms with Crippen molar-refractivity contribution in [1.29, 1.82) is 0 Å². The molecule has 1 atom stereocenters. The van der Waals surface area contributed by atoms with Crippen LogP contribution < -0.4 is 0 Å². The van der Waals surface area contributed by atoms with Crippen molar-refractivity contribution >= 4 is 26.7 Å². The lowest BCUT2D eigenvalue weighted by molar-refractivity contribution is 0.00305. The number of hydrogen-bond donors (Lipinski definition) is 0. The molecule has 0 saturated heterocycles. The number of thioether (sulfide) groups is 1. The number of hydrogen-bond acceptors (Lipinski definition) is 4. The summed E-state index contributed by atoms with van der Waals surface area (Å²) in [6, 6.07) is 26.0. The Morgan fingerprint density at radius 1 is 0.862 bits per heavy atom. The van der Waals surface area contributed by atoms with E-state index in [2.05, 4.69) is 0 Å². The topological polar surface area (TPSA) is 46.6 Å². The Kier molecular flexibility index (Phi) is 5.25. The van der Waals surface area contributed by atoms with Crippen molar-refractivity contribution in [2.24, 2.45) is 0 Å². The predicted octanol–water partition coefficient (Wildman–Crippen LogP) is 5.19. The molecule has 0 unspecified atom stereocenters. The second-order valence-electron chi connectivity index (χ2n) is 6.73. The van der Waals surface area contributed by atoms with E-state index in [1.165, 1.54) is 16.1 Å². The molecule has 1 aliphatic rings. The summed E-state index contributed by atoms with van der Waals surface area (Å²) in [7, 11) is -2.31. The lowest BCUT2D eigenvalue weighted by atomic mass is 10.2. The Labute approximate surface area is 175 Å². The third kappa shape index (κ3) is 3.48. The molecular weight excluding hydrogens is 402 g/mol. The van der Waals surface area contributed by atoms with E-state index in [4.69, 9.17) is 4.74 Å². The normalized spacial score (nSPS) is 19.2. The Hall–Kier alpha value is -2.54. The van der Waals surface area contributed by atoms with Gasteiger partial charge in [-0.2, -0.15) is 0 Å². The van der Waals surface area contributed by atoms with Crippen LogP contribution in [0, 0.1) is 6.92 Å². The maximum absolute atomic E-state index is 13.7. The molecule has 0 aromatic heterocycles. The van der Waals surface area contributed by atoms with Gasteiger partial charge < -0.3 is 4.74 Å². The van der Waals surface area contributed by atoms with Crippen LogP contribution in [0.3, 0.4) is 0 Å². The molecule has 0 N–H and O–H groups in total. The molecule has 0 fully saturated rings. The van der Waals surface area contributed by atoms with Crippen LogP contribution >= 0.6 is 11.8 Å². The highest BCUT2D eigenvalue weighted by Gasteiger charge is 2.50. The molecule has 0 saturated carbocycles. The first-order chi connectivity index (χ1) is 14.0. The number of ether oxygens (including phenoxy) is 1. The van der Waals surface area contributed by atoms with E-state index in [0.717, 1.165) is 21.6 Å². The fourth-order valence-corrected chi connectivity index (χ4v) is 6.39. The highest BCUT2D eigenvalue weighted by atomic mass is 32.2. The van der Waals surface area contributed by atoms with E-state index in [9.17, 15) is 8.42 Å². The average Bonchev–Trinajstić information content (AvgIpc) is 3.17. The lowest BCUT2D eigenvalue weighted by Gasteiger charge is -2.36. The van der Waals surface area contributed by atoms with E-state index in [-0.39, 0.29) is 4.90 Å². The van der Waals surface area contributed by atoms with E-state index in [1.807, 2.05) is 67.6 Å². The van der Waals surface area contributed by atoms with Crippen molar-refractivity contribution in [3.63, 3.8) is 0 Å². The van der Waals surface area contributed by atoms with Crippen LogP contribution in [0.4, 0.5) is 0 Å². The molecule has 29 heavy (non-hydrogen) atoms. The number of benzene rings is 3. The van der Waals surface area contributed by atoms with E-state index in [1.54, 1.807) is 37.6 Å². The van der Waals surface area contributed by atoms with Crippen LogP contribution in [0.25, 0.3) is 4.91 Å². The van der Waals surface area contributed by atoms with Gasteiger partial charge in [-0.05, 0) is 24.6 Å². The molecule has 1 aliphatic heterocycles. The van der Waals surface area contributed by atoms with Crippen molar-refractivity contribution in [3.05, 3.63) is 108 Å². The van der Waals surface area contributed by atoms with Crippen molar-refractivity contribution in [2.75, 3.05) is 7.11 Å². The summed E-state index contributed by atoms with van der Waals surface area (Å²) in [6.07, 6.45) is 1.67. The van der Waals surface area contributed by atoms with Gasteiger partial charge in [-0.1, -0.05) is 90.1 Å². The fourth-order valence-electron chi connectivity index (χ4n) is 3.28. The SMILES string of the molecule is CO[C@]1(c2ccccc2)SC(c2ccccc2)=CN1S(=O)(=O)c1ccc(C)cc1. The van der Waals surface area contributed by atoms with Gasteiger partial charge >= 0.3 is 0 Å². The van der Waals surface area contributed by atoms with E-state index < -0.39 is 15.1 Å². The minimum absolute atomic E-state index is 0.228. The molecule has 3 aromatic rings. The van der Waals surface area contributed by atoms with Gasteiger partial charge in [0.25, 0.3) is 10.0 Å². The first-order valence-corrected chi connectivity index (χ1v) is 11.4. The molecular formula is C23H21NO3S2. The third-order valence-electron chi connectivity index (χ3n) is 4.82. The third-order valence-corrected chi connectivity index (χ3v) is 8.12. The van der Waals surface area contributed by atoms with Gasteiger partial charge in [0.15, 0.2) is 0 Å². The molecule has 6 heteroatoms. The quantitative estimate of drug-likeness (QED) is 0.567. The largest absolute Gasteiger partial charge is 0.345 e. The second-order valence-corrected chi connectivity index (χ2v) is 9.74. The maximum atomic E-state index is 13.7. The molecule has 0 aliphatic carbocycles. The molecule has 148 valence electrons. The Morgan fingerprint density at radius 2 is 1.45 bits per heavy atom. The molecule has 0 bridgehead atoms. The van der Waals surface area contributed by atoms with Crippen LogP contribution in [0.5, 0.6) is 0 Å². The van der Waals surface area contributed by atoms with Crippen LogP contribution in [-0.2, 0) is 19.8 Å². The maximum Gasteiger partial charge on any atom is 0.267 e. The molecule has 4 nitrogen and oxygen atoms in total. The molecule has 3 aromatic carbocycles. The number of rotatable bonds is 5. The summed E-state index contributed by atoms with van der Waals surface area (Å²) < 4.78 is 34.6. The van der Waals surface area contributed by atoms with Gasteiger partial charge in [0.2, 0.25) is 5.06 Å². The summed E-state index contributed by atoms with van der Waals surface area (Å²) >= 11 is 1.38. The Morgan fingerprint density at radius 3 is 2.03 bits per heavy atom. The zero-order valence-corrected chi connectivity index (χ0v) is 17.8. The van der Waals surface area contributed by atoms with Gasteiger partial charge in [-0.15, -0.1) is 0 Å². The Balaban J connectivity index is 1.90. The standard InChI is InChI=1S/C23H21NO3S2/c1-18-13-15-21(16-14-18)29(25,26)24-17-22(19-9-5-3-6-10-19)28-23(24,27-2)20-11-7-4-8-12-20/h3-17H,1-2H3/t23-/m1/s1. The minimum Gasteiger partial charge on any atom is -0.345 e. The second kappa shape index (κ2) is 7.71. The highest BCUT2D eigenvalue weighted by molar-refractivity contribution is 8.09. The monoisotopic (exact) mass is 423 g/mol. The smallest absolute Gasteiger partial charge is 0.267 e. The first-order valence-electron chi connectivity index (χ1n) is 9.15. The average molecular weight is 424 g/mol. The molecule has 0 amide bonds. The van der Waals surface area contributed by atoms with Crippen LogP contribution in [0.2, 0.25) is 0 Å². The van der Waals surface area contributed by atoms with Gasteiger partial charge in [0.05, 0.1) is 4.90 Å². The zero-order valence-electron chi connectivity index (χ0n) is 16.1.